The molecule has 2 aromatic heterocycles. The summed E-state index contributed by atoms with van der Waals surface area (Å²) >= 11 is 0. The van der Waals surface area contributed by atoms with Crippen molar-refractivity contribution in [2.45, 2.75) is 57.9 Å². The van der Waals surface area contributed by atoms with Crippen molar-refractivity contribution in [1.29, 1.82) is 0 Å². The Labute approximate surface area is 179 Å². The average Bonchev–Trinajstić information content (AvgIpc) is 3.25. The first-order valence-corrected chi connectivity index (χ1v) is 12.6. The number of carbonyl (C=O) groups is 1. The molecule has 1 saturated heterocycles. The van der Waals surface area contributed by atoms with Gasteiger partial charge in [-0.1, -0.05) is 0 Å². The highest BCUT2D eigenvalue weighted by Gasteiger charge is 2.29. The lowest BCUT2D eigenvalue weighted by Gasteiger charge is -2.12. The maximum atomic E-state index is 12.6. The van der Waals surface area contributed by atoms with E-state index in [1.807, 2.05) is 13.0 Å². The van der Waals surface area contributed by atoms with Gasteiger partial charge >= 0.3 is 5.63 Å². The molecule has 1 N–H and O–H groups in total. The highest BCUT2D eigenvalue weighted by Crippen LogP contribution is 2.35. The number of carbonyl (C=O) groups excluding carboxylic acids is 1. The van der Waals surface area contributed by atoms with E-state index in [-0.39, 0.29) is 36.3 Å². The van der Waals surface area contributed by atoms with Crippen LogP contribution in [0.2, 0.25) is 0 Å². The highest BCUT2D eigenvalue weighted by atomic mass is 32.2. The van der Waals surface area contributed by atoms with Crippen molar-refractivity contribution < 1.29 is 22.0 Å². The molecule has 1 aliphatic carbocycles. The van der Waals surface area contributed by atoms with E-state index >= 15 is 0 Å². The third kappa shape index (κ3) is 3.78. The van der Waals surface area contributed by atoms with Gasteiger partial charge in [-0.25, -0.2) is 13.2 Å². The number of hydrogen-bond acceptors (Lipinski definition) is 6. The maximum absolute atomic E-state index is 12.6. The molecule has 164 valence electrons. The lowest BCUT2D eigenvalue weighted by molar-refractivity contribution is -0.121. The minimum absolute atomic E-state index is 0.0130. The van der Waals surface area contributed by atoms with Crippen LogP contribution in [-0.2, 0) is 33.9 Å². The van der Waals surface area contributed by atoms with Crippen molar-refractivity contribution in [3.63, 3.8) is 0 Å². The fourth-order valence-electron chi connectivity index (χ4n) is 4.88. The molecule has 7 nitrogen and oxygen atoms in total. The number of rotatable bonds is 4. The van der Waals surface area contributed by atoms with Crippen LogP contribution in [0.4, 0.5) is 0 Å². The van der Waals surface area contributed by atoms with Crippen LogP contribution in [0.3, 0.4) is 0 Å². The lowest BCUT2D eigenvalue weighted by atomic mass is 9.94. The van der Waals surface area contributed by atoms with Gasteiger partial charge in [0, 0.05) is 46.8 Å². The van der Waals surface area contributed by atoms with Crippen molar-refractivity contribution in [3.05, 3.63) is 45.0 Å². The summed E-state index contributed by atoms with van der Waals surface area (Å²) in [6.45, 7) is 1.88. The largest absolute Gasteiger partial charge is 0.461 e. The molecule has 0 saturated carbocycles. The second kappa shape index (κ2) is 7.51. The maximum Gasteiger partial charge on any atom is 0.339 e. The molecule has 2 aliphatic rings. The molecule has 3 heterocycles. The molecule has 31 heavy (non-hydrogen) atoms. The molecular formula is C23H25NO6S. The molecule has 1 aromatic carbocycles. The van der Waals surface area contributed by atoms with E-state index in [0.29, 0.717) is 17.6 Å². The number of nitrogens with one attached hydrogen (secondary N) is 1. The number of amides is 1. The summed E-state index contributed by atoms with van der Waals surface area (Å²) in [7, 11) is -3.05. The average molecular weight is 444 g/mol. The monoisotopic (exact) mass is 443 g/mol. The standard InChI is InChI=1S/C23H25NO6S/c1-13-15(6-7-22(25)24-14-8-9-31(27,28)12-14)23(26)30-20-11-21-18(10-17(13)20)16-4-2-3-5-19(16)29-21/h10-11,14H,2-9,12H2,1H3,(H,24,25)/t14-/m0/s1. The van der Waals surface area contributed by atoms with E-state index in [4.69, 9.17) is 8.83 Å². The molecule has 3 aromatic rings. The molecule has 0 bridgehead atoms. The first kappa shape index (κ1) is 20.3. The minimum Gasteiger partial charge on any atom is -0.461 e. The van der Waals surface area contributed by atoms with Crippen LogP contribution < -0.4 is 10.9 Å². The summed E-state index contributed by atoms with van der Waals surface area (Å²) in [5.74, 6) is 0.876. The van der Waals surface area contributed by atoms with E-state index in [2.05, 4.69) is 5.32 Å². The Morgan fingerprint density at radius 2 is 1.90 bits per heavy atom. The van der Waals surface area contributed by atoms with E-state index in [1.54, 1.807) is 6.07 Å². The van der Waals surface area contributed by atoms with Crippen LogP contribution in [0.5, 0.6) is 0 Å². The second-order valence-corrected chi connectivity index (χ2v) is 10.9. The summed E-state index contributed by atoms with van der Waals surface area (Å²) in [6.07, 6.45) is 4.99. The van der Waals surface area contributed by atoms with Crippen LogP contribution in [-0.4, -0.2) is 31.9 Å². The molecule has 8 heteroatoms. The molecule has 1 atom stereocenters. The zero-order valence-corrected chi connectivity index (χ0v) is 18.3. The molecule has 1 aliphatic heterocycles. The van der Waals surface area contributed by atoms with Crippen molar-refractivity contribution in [1.82, 2.24) is 5.32 Å². The number of benzene rings is 1. The Balaban J connectivity index is 1.41. The number of fused-ring (bicyclic) bond motifs is 4. The molecular weight excluding hydrogens is 418 g/mol. The highest BCUT2D eigenvalue weighted by molar-refractivity contribution is 7.91. The summed E-state index contributed by atoms with van der Waals surface area (Å²) in [5.41, 5.74) is 3.35. The van der Waals surface area contributed by atoms with Gasteiger partial charge in [0.25, 0.3) is 0 Å². The van der Waals surface area contributed by atoms with Gasteiger partial charge in [0.15, 0.2) is 9.84 Å². The first-order chi connectivity index (χ1) is 14.8. The number of aryl methyl sites for hydroxylation is 3. The third-order valence-electron chi connectivity index (χ3n) is 6.56. The SMILES string of the molecule is Cc1c(CCC(=O)N[C@H]2CCS(=O)(=O)C2)c(=O)oc2cc3oc4c(c3cc12)CCCC4. The molecule has 0 radical (unpaired) electrons. The fourth-order valence-corrected chi connectivity index (χ4v) is 6.55. The van der Waals surface area contributed by atoms with E-state index in [0.717, 1.165) is 53.4 Å². The molecule has 0 spiro atoms. The minimum atomic E-state index is -3.05. The van der Waals surface area contributed by atoms with Gasteiger partial charge in [0.1, 0.15) is 16.9 Å². The van der Waals surface area contributed by atoms with Gasteiger partial charge in [0.05, 0.1) is 11.5 Å². The first-order valence-electron chi connectivity index (χ1n) is 10.8. The summed E-state index contributed by atoms with van der Waals surface area (Å²) in [6, 6.07) is 3.50. The normalized spacial score (nSPS) is 20.2. The molecule has 5 rings (SSSR count). The second-order valence-electron chi connectivity index (χ2n) is 8.72. The number of furan rings is 1. The van der Waals surface area contributed by atoms with Gasteiger partial charge in [-0.3, -0.25) is 4.79 Å². The number of sulfone groups is 1. The molecule has 0 unspecified atom stereocenters. The number of hydrogen-bond donors (Lipinski definition) is 1. The summed E-state index contributed by atoms with van der Waals surface area (Å²) in [4.78, 5) is 24.9. The Bertz CT molecular complexity index is 1360. The quantitative estimate of drug-likeness (QED) is 0.622. The van der Waals surface area contributed by atoms with Gasteiger partial charge in [0.2, 0.25) is 5.91 Å². The van der Waals surface area contributed by atoms with Crippen LogP contribution in [0, 0.1) is 6.92 Å². The van der Waals surface area contributed by atoms with Crippen molar-refractivity contribution >= 4 is 37.7 Å². The van der Waals surface area contributed by atoms with Crippen LogP contribution in [0.1, 0.15) is 48.1 Å². The zero-order chi connectivity index (χ0) is 21.8. The van der Waals surface area contributed by atoms with Crippen LogP contribution >= 0.6 is 0 Å². The predicted molar refractivity (Wildman–Crippen MR) is 117 cm³/mol. The molecule has 1 amide bonds. The fraction of sp³-hybridized carbons (Fsp3) is 0.478. The van der Waals surface area contributed by atoms with Gasteiger partial charge in [-0.05, 0) is 50.7 Å². The van der Waals surface area contributed by atoms with Crippen molar-refractivity contribution in [3.8, 4) is 0 Å². The molecule has 1 fully saturated rings. The van der Waals surface area contributed by atoms with Gasteiger partial charge in [-0.2, -0.15) is 0 Å². The Morgan fingerprint density at radius 3 is 2.68 bits per heavy atom. The van der Waals surface area contributed by atoms with Gasteiger partial charge < -0.3 is 14.2 Å². The third-order valence-corrected chi connectivity index (χ3v) is 8.33. The van der Waals surface area contributed by atoms with E-state index < -0.39 is 15.5 Å². The van der Waals surface area contributed by atoms with Crippen LogP contribution in [0.15, 0.2) is 25.8 Å². The smallest absolute Gasteiger partial charge is 0.339 e. The van der Waals surface area contributed by atoms with Crippen LogP contribution in [0.25, 0.3) is 21.9 Å². The lowest BCUT2D eigenvalue weighted by Crippen LogP contribution is -2.35. The Hall–Kier alpha value is -2.61. The van der Waals surface area contributed by atoms with Crippen molar-refractivity contribution in [2.24, 2.45) is 0 Å². The van der Waals surface area contributed by atoms with Crippen molar-refractivity contribution in [2.75, 3.05) is 11.5 Å². The summed E-state index contributed by atoms with van der Waals surface area (Å²) in [5, 5.41) is 4.71. The topological polar surface area (TPSA) is 107 Å². The predicted octanol–water partition coefficient (Wildman–Crippen LogP) is 2.96. The van der Waals surface area contributed by atoms with E-state index in [9.17, 15) is 18.0 Å². The zero-order valence-electron chi connectivity index (χ0n) is 17.5. The van der Waals surface area contributed by atoms with Gasteiger partial charge in [-0.15, -0.1) is 0 Å². The summed E-state index contributed by atoms with van der Waals surface area (Å²) < 4.78 is 34.7. The Kier molecular flexibility index (Phi) is 4.92. The Morgan fingerprint density at radius 1 is 1.13 bits per heavy atom. The van der Waals surface area contributed by atoms with E-state index in [1.165, 1.54) is 5.56 Å².